The number of hydrogen-bond acceptors (Lipinski definition) is 6. The molecular weight excluding hydrogens is 946 g/mol. The van der Waals surface area contributed by atoms with E-state index in [1.165, 1.54) is 77.0 Å². The van der Waals surface area contributed by atoms with Crippen molar-refractivity contribution in [2.24, 2.45) is 0 Å². The van der Waals surface area contributed by atoms with Crippen LogP contribution >= 0.6 is 45.2 Å². The molecule has 2 aromatic carbocycles. The van der Waals surface area contributed by atoms with Crippen LogP contribution in [-0.2, 0) is 0 Å². The van der Waals surface area contributed by atoms with Gasteiger partial charge in [0, 0.05) is 23.5 Å². The summed E-state index contributed by atoms with van der Waals surface area (Å²) in [5.41, 5.74) is 5.68. The number of pyridine rings is 2. The molecular formula is C50H66I2N2O4. The molecule has 0 atom stereocenters. The minimum Gasteiger partial charge on any atom is -0.493 e. The van der Waals surface area contributed by atoms with Crippen LogP contribution in [0.15, 0.2) is 60.9 Å². The number of halogens is 2. The van der Waals surface area contributed by atoms with Crippen molar-refractivity contribution in [1.29, 1.82) is 0 Å². The summed E-state index contributed by atoms with van der Waals surface area (Å²) in [4.78, 5) is 9.56. The van der Waals surface area contributed by atoms with E-state index >= 15 is 0 Å². The Bertz CT molecular complexity index is 1680. The topological polar surface area (TPSA) is 62.7 Å². The van der Waals surface area contributed by atoms with Gasteiger partial charge in [0.2, 0.25) is 0 Å². The molecule has 8 heteroatoms. The molecule has 2 heterocycles. The molecule has 0 spiro atoms. The smallest absolute Gasteiger partial charge is 0.133 e. The van der Waals surface area contributed by atoms with E-state index in [-0.39, 0.29) is 0 Å². The Morgan fingerprint density at radius 3 is 1.07 bits per heavy atom. The molecule has 6 nitrogen and oxygen atoms in total. The molecule has 0 N–H and O–H groups in total. The van der Waals surface area contributed by atoms with Crippen molar-refractivity contribution in [3.8, 4) is 34.4 Å². The molecule has 0 aliphatic heterocycles. The van der Waals surface area contributed by atoms with Gasteiger partial charge in [0.15, 0.2) is 0 Å². The zero-order valence-corrected chi connectivity index (χ0v) is 39.8. The molecule has 314 valence electrons. The lowest BCUT2D eigenvalue weighted by Crippen LogP contribution is -2.02. The fraction of sp³-hybridized carbons (Fsp3) is 0.480. The monoisotopic (exact) mass is 1010 g/mol. The SMILES string of the molecule is CCCCCCOc1cc(/C=C/c2ccc(-c3ccc(/C=C/c4cc(OCCCCCC)c(I)cc4OCCCCCC)cn3)nc2)c(OCCCCCC)cc1I. The summed E-state index contributed by atoms with van der Waals surface area (Å²) in [5.74, 6) is 3.59. The molecule has 0 saturated heterocycles. The summed E-state index contributed by atoms with van der Waals surface area (Å²) in [6.07, 6.45) is 31.0. The van der Waals surface area contributed by atoms with Crippen LogP contribution in [0.2, 0.25) is 0 Å². The summed E-state index contributed by atoms with van der Waals surface area (Å²) >= 11 is 4.73. The highest BCUT2D eigenvalue weighted by atomic mass is 127. The van der Waals surface area contributed by atoms with Gasteiger partial charge in [-0.25, -0.2) is 0 Å². The zero-order valence-electron chi connectivity index (χ0n) is 35.5. The van der Waals surface area contributed by atoms with E-state index in [1.54, 1.807) is 0 Å². The van der Waals surface area contributed by atoms with E-state index in [2.05, 4.69) is 134 Å². The Balaban J connectivity index is 1.45. The highest BCUT2D eigenvalue weighted by molar-refractivity contribution is 14.1. The van der Waals surface area contributed by atoms with E-state index < -0.39 is 0 Å². The predicted molar refractivity (Wildman–Crippen MR) is 262 cm³/mol. The fourth-order valence-electron chi connectivity index (χ4n) is 6.36. The highest BCUT2D eigenvalue weighted by Crippen LogP contribution is 2.34. The van der Waals surface area contributed by atoms with Crippen LogP contribution in [0.3, 0.4) is 0 Å². The second kappa shape index (κ2) is 28.4. The van der Waals surface area contributed by atoms with E-state index in [4.69, 9.17) is 28.9 Å². The fourth-order valence-corrected chi connectivity index (χ4v) is 7.55. The maximum absolute atomic E-state index is 6.31. The number of rotatable bonds is 29. The minimum absolute atomic E-state index is 0.710. The van der Waals surface area contributed by atoms with E-state index in [0.717, 1.165) is 103 Å². The Kier molecular flexibility index (Phi) is 23.3. The Morgan fingerprint density at radius 1 is 0.414 bits per heavy atom. The predicted octanol–water partition coefficient (Wildman–Crippen LogP) is 15.5. The molecule has 0 unspecified atom stereocenters. The molecule has 2 aromatic heterocycles. The van der Waals surface area contributed by atoms with Crippen molar-refractivity contribution in [2.45, 2.75) is 130 Å². The molecule has 0 fully saturated rings. The lowest BCUT2D eigenvalue weighted by Gasteiger charge is -2.14. The minimum atomic E-state index is 0.710. The lowest BCUT2D eigenvalue weighted by molar-refractivity contribution is 0.294. The Labute approximate surface area is 377 Å². The van der Waals surface area contributed by atoms with Crippen LogP contribution in [-0.4, -0.2) is 36.4 Å². The van der Waals surface area contributed by atoms with Crippen molar-refractivity contribution in [3.05, 3.63) is 90.3 Å². The maximum Gasteiger partial charge on any atom is 0.133 e. The molecule has 0 saturated carbocycles. The van der Waals surface area contributed by atoms with Gasteiger partial charge in [-0.1, -0.05) is 141 Å². The number of ether oxygens (including phenoxy) is 4. The largest absolute Gasteiger partial charge is 0.493 e. The summed E-state index contributed by atoms with van der Waals surface area (Å²) in [6.45, 7) is 11.8. The maximum atomic E-state index is 6.31. The van der Waals surface area contributed by atoms with Gasteiger partial charge in [0.1, 0.15) is 23.0 Å². The number of nitrogens with zero attached hydrogens (tertiary/aromatic N) is 2. The van der Waals surface area contributed by atoms with Gasteiger partial charge < -0.3 is 18.9 Å². The van der Waals surface area contributed by atoms with Gasteiger partial charge in [-0.3, -0.25) is 9.97 Å². The summed E-state index contributed by atoms with van der Waals surface area (Å²) in [7, 11) is 0. The van der Waals surface area contributed by atoms with Crippen molar-refractivity contribution in [1.82, 2.24) is 9.97 Å². The van der Waals surface area contributed by atoms with E-state index in [1.807, 2.05) is 24.5 Å². The normalized spacial score (nSPS) is 11.5. The second-order valence-corrected chi connectivity index (χ2v) is 17.2. The third kappa shape index (κ3) is 17.2. The quantitative estimate of drug-likeness (QED) is 0.0399. The Hall–Kier alpha value is -3.12. The highest BCUT2D eigenvalue weighted by Gasteiger charge is 2.12. The van der Waals surface area contributed by atoms with Crippen LogP contribution in [0.5, 0.6) is 23.0 Å². The summed E-state index contributed by atoms with van der Waals surface area (Å²) < 4.78 is 27.2. The molecule has 0 bridgehead atoms. The number of hydrogen-bond donors (Lipinski definition) is 0. The van der Waals surface area contributed by atoms with Gasteiger partial charge in [-0.2, -0.15) is 0 Å². The number of unbranched alkanes of at least 4 members (excludes halogenated alkanes) is 12. The first-order valence-electron chi connectivity index (χ1n) is 21.9. The molecule has 58 heavy (non-hydrogen) atoms. The van der Waals surface area contributed by atoms with Crippen molar-refractivity contribution < 1.29 is 18.9 Å². The molecule has 4 aromatic rings. The lowest BCUT2D eigenvalue weighted by atomic mass is 10.1. The van der Waals surface area contributed by atoms with Gasteiger partial charge in [0.25, 0.3) is 0 Å². The van der Waals surface area contributed by atoms with Crippen LogP contribution in [0.4, 0.5) is 0 Å². The van der Waals surface area contributed by atoms with Crippen LogP contribution in [0, 0.1) is 7.14 Å². The third-order valence-corrected chi connectivity index (χ3v) is 11.6. The van der Waals surface area contributed by atoms with Gasteiger partial charge in [-0.15, -0.1) is 0 Å². The van der Waals surface area contributed by atoms with Crippen molar-refractivity contribution in [3.63, 3.8) is 0 Å². The van der Waals surface area contributed by atoms with Crippen molar-refractivity contribution in [2.75, 3.05) is 26.4 Å². The molecule has 0 radical (unpaired) electrons. The van der Waals surface area contributed by atoms with Crippen LogP contribution in [0.1, 0.15) is 153 Å². The van der Waals surface area contributed by atoms with Crippen LogP contribution in [0.25, 0.3) is 35.7 Å². The van der Waals surface area contributed by atoms with Gasteiger partial charge in [0.05, 0.1) is 45.0 Å². The van der Waals surface area contributed by atoms with E-state index in [9.17, 15) is 0 Å². The average molecular weight is 1010 g/mol. The van der Waals surface area contributed by atoms with Crippen molar-refractivity contribution >= 4 is 69.5 Å². The average Bonchev–Trinajstić information content (AvgIpc) is 3.24. The summed E-state index contributed by atoms with van der Waals surface area (Å²) in [5, 5.41) is 0. The first-order valence-corrected chi connectivity index (χ1v) is 24.1. The molecule has 4 rings (SSSR count). The zero-order chi connectivity index (χ0) is 41.2. The van der Waals surface area contributed by atoms with Crippen LogP contribution < -0.4 is 18.9 Å². The first kappa shape index (κ1) is 47.6. The molecule has 0 aliphatic rings. The number of aromatic nitrogens is 2. The molecule has 0 amide bonds. The summed E-state index contributed by atoms with van der Waals surface area (Å²) in [6, 6.07) is 16.7. The molecule has 0 aliphatic carbocycles. The first-order chi connectivity index (χ1) is 28.4. The Morgan fingerprint density at radius 2 is 0.759 bits per heavy atom. The third-order valence-electron chi connectivity index (χ3n) is 9.90. The van der Waals surface area contributed by atoms with E-state index in [0.29, 0.717) is 13.2 Å². The second-order valence-electron chi connectivity index (χ2n) is 14.9. The van der Waals surface area contributed by atoms with Gasteiger partial charge >= 0.3 is 0 Å². The van der Waals surface area contributed by atoms with Gasteiger partial charge in [-0.05, 0) is 118 Å². The standard InChI is InChI=1S/C50H66I2N2O4/c1-5-9-13-17-29-55-47-35-43(51)49(57-31-19-15-11-7-3)33-41(47)25-21-39-23-27-45(53-37-39)46-28-24-40(38-54-46)22-26-42-34-50(58-32-20-16-12-8-4)44(52)36-48(42)56-30-18-14-10-6-2/h21-28,33-38H,5-20,29-32H2,1-4H3/b25-21+,26-22+. The number of benzene rings is 2.